The van der Waals surface area contributed by atoms with Crippen LogP contribution in [-0.4, -0.2) is 23.3 Å². The quantitative estimate of drug-likeness (QED) is 0.200. The standard InChI is InChI=1S/C31H44N2O2S/c1-3-4-5-6-7-8-9-10-11-12-22-35-31-19-15-29(16-20-31)25-33(27(2)34)30-17-13-28(14-18-30)24-32-21-23-36-26-32/h13-21,23H,3-12,22,24-26H2,1-2H3. The number of anilines is 1. The molecule has 2 aromatic carbocycles. The molecule has 5 heteroatoms. The molecular formula is C31H44N2O2S. The molecule has 0 fully saturated rings. The fraction of sp³-hybridized carbons (Fsp3) is 0.516. The molecule has 0 aliphatic carbocycles. The Bertz CT molecular complexity index is 911. The van der Waals surface area contributed by atoms with Crippen LogP contribution >= 0.6 is 11.8 Å². The van der Waals surface area contributed by atoms with Crippen LogP contribution in [0.25, 0.3) is 0 Å². The number of rotatable bonds is 17. The van der Waals surface area contributed by atoms with Gasteiger partial charge in [-0.25, -0.2) is 0 Å². The molecular weight excluding hydrogens is 464 g/mol. The van der Waals surface area contributed by atoms with E-state index in [0.29, 0.717) is 6.54 Å². The lowest BCUT2D eigenvalue weighted by atomic mass is 10.1. The lowest BCUT2D eigenvalue weighted by Crippen LogP contribution is -2.27. The van der Waals surface area contributed by atoms with Gasteiger partial charge in [-0.15, -0.1) is 11.8 Å². The highest BCUT2D eigenvalue weighted by molar-refractivity contribution is 8.02. The van der Waals surface area contributed by atoms with E-state index in [-0.39, 0.29) is 5.91 Å². The summed E-state index contributed by atoms with van der Waals surface area (Å²) >= 11 is 1.81. The van der Waals surface area contributed by atoms with Gasteiger partial charge in [-0.05, 0) is 47.2 Å². The maximum Gasteiger partial charge on any atom is 0.224 e. The van der Waals surface area contributed by atoms with Crippen LogP contribution in [0.5, 0.6) is 5.75 Å². The number of amides is 1. The van der Waals surface area contributed by atoms with Crippen molar-refractivity contribution in [2.75, 3.05) is 17.4 Å². The van der Waals surface area contributed by atoms with Crippen molar-refractivity contribution in [2.45, 2.75) is 91.1 Å². The van der Waals surface area contributed by atoms with E-state index >= 15 is 0 Å². The number of ether oxygens (including phenoxy) is 1. The van der Waals surface area contributed by atoms with Crippen LogP contribution in [0.15, 0.2) is 60.1 Å². The summed E-state index contributed by atoms with van der Waals surface area (Å²) in [6, 6.07) is 16.5. The van der Waals surface area contributed by atoms with Crippen LogP contribution in [0, 0.1) is 0 Å². The van der Waals surface area contributed by atoms with E-state index in [2.05, 4.69) is 47.7 Å². The van der Waals surface area contributed by atoms with Crippen LogP contribution < -0.4 is 9.64 Å². The first kappa shape index (κ1) is 28.2. The zero-order valence-corrected chi connectivity index (χ0v) is 23.1. The van der Waals surface area contributed by atoms with Gasteiger partial charge in [0.2, 0.25) is 5.91 Å². The zero-order chi connectivity index (χ0) is 25.4. The number of carbonyl (C=O) groups excluding carboxylic acids is 1. The van der Waals surface area contributed by atoms with Gasteiger partial charge in [0.25, 0.3) is 0 Å². The molecule has 0 spiro atoms. The number of nitrogens with zero attached hydrogens (tertiary/aromatic N) is 2. The minimum atomic E-state index is 0.0444. The number of thioether (sulfide) groups is 1. The Morgan fingerprint density at radius 1 is 0.861 bits per heavy atom. The van der Waals surface area contributed by atoms with Crippen molar-refractivity contribution >= 4 is 23.4 Å². The lowest BCUT2D eigenvalue weighted by molar-refractivity contribution is -0.116. The van der Waals surface area contributed by atoms with Gasteiger partial charge in [0.1, 0.15) is 5.75 Å². The molecule has 3 rings (SSSR count). The van der Waals surface area contributed by atoms with Crippen molar-refractivity contribution in [3.05, 3.63) is 71.3 Å². The predicted molar refractivity (Wildman–Crippen MR) is 154 cm³/mol. The second kappa shape index (κ2) is 16.4. The number of hydrogen-bond donors (Lipinski definition) is 0. The fourth-order valence-electron chi connectivity index (χ4n) is 4.46. The molecule has 1 aliphatic rings. The second-order valence-electron chi connectivity index (χ2n) is 9.77. The number of benzene rings is 2. The molecule has 36 heavy (non-hydrogen) atoms. The third-order valence-electron chi connectivity index (χ3n) is 6.65. The van der Waals surface area contributed by atoms with Crippen LogP contribution in [0.1, 0.15) is 89.2 Å². The Labute approximate surface area is 223 Å². The van der Waals surface area contributed by atoms with Crippen LogP contribution in [0.2, 0.25) is 0 Å². The van der Waals surface area contributed by atoms with Crippen LogP contribution in [-0.2, 0) is 17.9 Å². The van der Waals surface area contributed by atoms with Gasteiger partial charge in [0.05, 0.1) is 19.0 Å². The van der Waals surface area contributed by atoms with Gasteiger partial charge in [0, 0.05) is 25.4 Å². The summed E-state index contributed by atoms with van der Waals surface area (Å²) in [7, 11) is 0. The molecule has 0 saturated carbocycles. The van der Waals surface area contributed by atoms with Crippen LogP contribution in [0.3, 0.4) is 0 Å². The largest absolute Gasteiger partial charge is 0.494 e. The lowest BCUT2D eigenvalue weighted by Gasteiger charge is -2.22. The van der Waals surface area contributed by atoms with Gasteiger partial charge >= 0.3 is 0 Å². The van der Waals surface area contributed by atoms with Gasteiger partial charge in [-0.3, -0.25) is 4.79 Å². The molecule has 0 unspecified atom stereocenters. The third-order valence-corrected chi connectivity index (χ3v) is 7.45. The normalized spacial score (nSPS) is 12.8. The van der Waals surface area contributed by atoms with Gasteiger partial charge in [-0.2, -0.15) is 0 Å². The summed E-state index contributed by atoms with van der Waals surface area (Å²) in [5.41, 5.74) is 3.27. The molecule has 0 atom stereocenters. The molecule has 0 bridgehead atoms. The van der Waals surface area contributed by atoms with E-state index in [4.69, 9.17) is 4.74 Å². The van der Waals surface area contributed by atoms with E-state index in [1.807, 2.05) is 40.9 Å². The summed E-state index contributed by atoms with van der Waals surface area (Å²) in [6.45, 7) is 6.12. The van der Waals surface area contributed by atoms with Crippen molar-refractivity contribution in [2.24, 2.45) is 0 Å². The molecule has 4 nitrogen and oxygen atoms in total. The van der Waals surface area contributed by atoms with Gasteiger partial charge < -0.3 is 14.5 Å². The summed E-state index contributed by atoms with van der Waals surface area (Å²) in [4.78, 5) is 16.5. The van der Waals surface area contributed by atoms with E-state index in [9.17, 15) is 4.79 Å². The minimum absolute atomic E-state index is 0.0444. The van der Waals surface area contributed by atoms with Crippen molar-refractivity contribution in [1.82, 2.24) is 4.90 Å². The molecule has 0 radical (unpaired) electrons. The summed E-state index contributed by atoms with van der Waals surface area (Å²) in [5.74, 6) is 1.95. The molecule has 196 valence electrons. The Morgan fingerprint density at radius 2 is 1.47 bits per heavy atom. The zero-order valence-electron chi connectivity index (χ0n) is 22.3. The summed E-state index contributed by atoms with van der Waals surface area (Å²) in [6.07, 6.45) is 15.4. The average Bonchev–Trinajstić information content (AvgIpc) is 3.40. The smallest absolute Gasteiger partial charge is 0.224 e. The van der Waals surface area contributed by atoms with E-state index < -0.39 is 0 Å². The summed E-state index contributed by atoms with van der Waals surface area (Å²) < 4.78 is 5.95. The van der Waals surface area contributed by atoms with Crippen molar-refractivity contribution < 1.29 is 9.53 Å². The number of hydrogen-bond acceptors (Lipinski definition) is 4. The van der Waals surface area contributed by atoms with Crippen molar-refractivity contribution in [3.63, 3.8) is 0 Å². The molecule has 0 aromatic heterocycles. The second-order valence-corrected chi connectivity index (χ2v) is 10.6. The minimum Gasteiger partial charge on any atom is -0.494 e. The SMILES string of the molecule is CCCCCCCCCCCCOc1ccc(CN(C(C)=O)c2ccc(CN3C=CSC3)cc2)cc1. The highest BCUT2D eigenvalue weighted by Gasteiger charge is 2.13. The first-order valence-corrected chi connectivity index (χ1v) is 14.8. The predicted octanol–water partition coefficient (Wildman–Crippen LogP) is 8.52. The maximum absolute atomic E-state index is 12.4. The Morgan fingerprint density at radius 3 is 2.06 bits per heavy atom. The highest BCUT2D eigenvalue weighted by Crippen LogP contribution is 2.23. The van der Waals surface area contributed by atoms with E-state index in [1.165, 1.54) is 63.4 Å². The first-order valence-electron chi connectivity index (χ1n) is 13.8. The van der Waals surface area contributed by atoms with Crippen molar-refractivity contribution in [1.29, 1.82) is 0 Å². The third kappa shape index (κ3) is 10.3. The number of carbonyl (C=O) groups is 1. The maximum atomic E-state index is 12.4. The summed E-state index contributed by atoms with van der Waals surface area (Å²) in [5, 5.41) is 2.13. The van der Waals surface area contributed by atoms with E-state index in [1.54, 1.807) is 6.92 Å². The molecule has 0 N–H and O–H groups in total. The fourth-order valence-corrected chi connectivity index (χ4v) is 5.18. The molecule has 1 aliphatic heterocycles. The van der Waals surface area contributed by atoms with Crippen molar-refractivity contribution in [3.8, 4) is 5.75 Å². The number of unbranched alkanes of at least 4 members (excludes halogenated alkanes) is 9. The Kier molecular flexibility index (Phi) is 12.8. The Balaban J connectivity index is 1.36. The Hall–Kier alpha value is -2.40. The van der Waals surface area contributed by atoms with E-state index in [0.717, 1.165) is 42.4 Å². The molecule has 1 heterocycles. The average molecular weight is 509 g/mol. The van der Waals surface area contributed by atoms with Crippen LogP contribution in [0.4, 0.5) is 5.69 Å². The molecule has 1 amide bonds. The molecule has 2 aromatic rings. The molecule has 0 saturated heterocycles. The van der Waals surface area contributed by atoms with Gasteiger partial charge in [0.15, 0.2) is 0 Å². The first-order chi connectivity index (χ1) is 17.7. The highest BCUT2D eigenvalue weighted by atomic mass is 32.2. The monoisotopic (exact) mass is 508 g/mol. The van der Waals surface area contributed by atoms with Gasteiger partial charge in [-0.1, -0.05) is 89.0 Å². The topological polar surface area (TPSA) is 32.8 Å².